The zero-order valence-corrected chi connectivity index (χ0v) is 15.2. The van der Waals surface area contributed by atoms with Crippen LogP contribution in [0.4, 0.5) is 10.1 Å². The van der Waals surface area contributed by atoms with Crippen LogP contribution in [0.25, 0.3) is 11.1 Å². The predicted molar refractivity (Wildman–Crippen MR) is 105 cm³/mol. The molecule has 3 aromatic carbocycles. The monoisotopic (exact) mass is 347 g/mol. The molecule has 3 rings (SSSR count). The van der Waals surface area contributed by atoms with Gasteiger partial charge in [-0.15, -0.1) is 0 Å². The second-order valence-electron chi connectivity index (χ2n) is 6.58. The van der Waals surface area contributed by atoms with Gasteiger partial charge in [-0.3, -0.25) is 4.79 Å². The first-order valence-corrected chi connectivity index (χ1v) is 8.69. The molecule has 3 heteroatoms. The van der Waals surface area contributed by atoms with Crippen LogP contribution >= 0.6 is 0 Å². The van der Waals surface area contributed by atoms with Crippen molar-refractivity contribution >= 4 is 11.6 Å². The lowest BCUT2D eigenvalue weighted by atomic mass is 9.96. The van der Waals surface area contributed by atoms with Gasteiger partial charge in [-0.25, -0.2) is 4.39 Å². The van der Waals surface area contributed by atoms with E-state index in [-0.39, 0.29) is 11.7 Å². The molecule has 0 aliphatic carbocycles. The van der Waals surface area contributed by atoms with E-state index in [9.17, 15) is 9.18 Å². The first-order chi connectivity index (χ1) is 12.5. The van der Waals surface area contributed by atoms with Crippen molar-refractivity contribution < 1.29 is 9.18 Å². The molecule has 0 spiro atoms. The van der Waals surface area contributed by atoms with Crippen molar-refractivity contribution in [3.8, 4) is 11.1 Å². The fourth-order valence-corrected chi connectivity index (χ4v) is 3.05. The molecule has 0 heterocycles. The Kier molecular flexibility index (Phi) is 5.17. The molecule has 3 aromatic rings. The Morgan fingerprint density at radius 2 is 1.58 bits per heavy atom. The first-order valence-electron chi connectivity index (χ1n) is 8.69. The third-order valence-electron chi connectivity index (χ3n) is 4.70. The van der Waals surface area contributed by atoms with Crippen molar-refractivity contribution in [2.75, 3.05) is 5.32 Å². The maximum Gasteiger partial charge on any atom is 0.231 e. The van der Waals surface area contributed by atoms with Gasteiger partial charge in [-0.1, -0.05) is 60.7 Å². The largest absolute Gasteiger partial charge is 0.325 e. The van der Waals surface area contributed by atoms with E-state index in [0.717, 1.165) is 22.4 Å². The van der Waals surface area contributed by atoms with Gasteiger partial charge in [0.05, 0.1) is 5.92 Å². The number of benzene rings is 3. The highest BCUT2D eigenvalue weighted by Gasteiger charge is 2.18. The van der Waals surface area contributed by atoms with E-state index >= 15 is 0 Å². The van der Waals surface area contributed by atoms with E-state index < -0.39 is 5.92 Å². The van der Waals surface area contributed by atoms with Crippen LogP contribution in [0.3, 0.4) is 0 Å². The highest BCUT2D eigenvalue weighted by atomic mass is 19.1. The van der Waals surface area contributed by atoms with Gasteiger partial charge in [0.2, 0.25) is 5.91 Å². The molecule has 1 atom stereocenters. The van der Waals surface area contributed by atoms with Gasteiger partial charge < -0.3 is 5.32 Å². The molecule has 0 saturated carbocycles. The van der Waals surface area contributed by atoms with Crippen LogP contribution in [0.1, 0.15) is 29.5 Å². The predicted octanol–water partition coefficient (Wildman–Crippen LogP) is 5.85. The molecule has 0 saturated heterocycles. The van der Waals surface area contributed by atoms with Crippen molar-refractivity contribution in [2.24, 2.45) is 0 Å². The Morgan fingerprint density at radius 3 is 2.19 bits per heavy atom. The average Bonchev–Trinajstić information content (AvgIpc) is 2.64. The van der Waals surface area contributed by atoms with E-state index in [1.54, 1.807) is 13.0 Å². The minimum atomic E-state index is -0.451. The lowest BCUT2D eigenvalue weighted by Gasteiger charge is -2.16. The van der Waals surface area contributed by atoms with Gasteiger partial charge in [-0.2, -0.15) is 0 Å². The molecular formula is C23H22FNO. The average molecular weight is 347 g/mol. The second-order valence-corrected chi connectivity index (χ2v) is 6.58. The van der Waals surface area contributed by atoms with Crippen LogP contribution in [0, 0.1) is 19.7 Å². The van der Waals surface area contributed by atoms with Crippen molar-refractivity contribution in [2.45, 2.75) is 26.7 Å². The van der Waals surface area contributed by atoms with Crippen molar-refractivity contribution in [1.82, 2.24) is 0 Å². The number of carbonyl (C=O) groups excluding carboxylic acids is 1. The van der Waals surface area contributed by atoms with Crippen LogP contribution in [0.5, 0.6) is 0 Å². The highest BCUT2D eigenvalue weighted by molar-refractivity contribution is 5.96. The molecule has 0 unspecified atom stereocenters. The Morgan fingerprint density at radius 1 is 0.923 bits per heavy atom. The quantitative estimate of drug-likeness (QED) is 0.630. The standard InChI is InChI=1S/C23H22FNO/c1-15-8-7-9-16(2)22(15)25-23(26)17(3)19-12-13-20(21(24)14-19)18-10-5-4-6-11-18/h4-14,17H,1-3H3,(H,25,26)/t17-/m0/s1. The summed E-state index contributed by atoms with van der Waals surface area (Å²) in [6.45, 7) is 5.71. The molecule has 0 aliphatic rings. The van der Waals surface area contributed by atoms with E-state index in [1.807, 2.05) is 68.4 Å². The minimum Gasteiger partial charge on any atom is -0.325 e. The number of carbonyl (C=O) groups is 1. The number of halogens is 1. The highest BCUT2D eigenvalue weighted by Crippen LogP contribution is 2.27. The Hall–Kier alpha value is -2.94. The molecule has 0 aromatic heterocycles. The summed E-state index contributed by atoms with van der Waals surface area (Å²) in [7, 11) is 0. The molecule has 1 amide bonds. The summed E-state index contributed by atoms with van der Waals surface area (Å²) in [4.78, 5) is 12.6. The fraction of sp³-hybridized carbons (Fsp3) is 0.174. The normalized spacial score (nSPS) is 11.8. The zero-order valence-electron chi connectivity index (χ0n) is 15.2. The van der Waals surface area contributed by atoms with Gasteiger partial charge in [0.25, 0.3) is 0 Å². The van der Waals surface area contributed by atoms with Gasteiger partial charge in [0, 0.05) is 11.3 Å². The summed E-state index contributed by atoms with van der Waals surface area (Å²) in [5, 5.41) is 2.98. The first kappa shape index (κ1) is 17.9. The molecule has 132 valence electrons. The molecule has 1 N–H and O–H groups in total. The number of amides is 1. The van der Waals surface area contributed by atoms with Crippen molar-refractivity contribution in [3.63, 3.8) is 0 Å². The Balaban J connectivity index is 1.82. The molecule has 0 radical (unpaired) electrons. The van der Waals surface area contributed by atoms with Crippen LogP contribution < -0.4 is 5.32 Å². The summed E-state index contributed by atoms with van der Waals surface area (Å²) >= 11 is 0. The van der Waals surface area contributed by atoms with Crippen LogP contribution in [-0.4, -0.2) is 5.91 Å². The number of rotatable bonds is 4. The summed E-state index contributed by atoms with van der Waals surface area (Å²) in [5.74, 6) is -0.914. The van der Waals surface area contributed by atoms with Gasteiger partial charge >= 0.3 is 0 Å². The molecule has 0 bridgehead atoms. The van der Waals surface area contributed by atoms with E-state index in [0.29, 0.717) is 11.1 Å². The number of para-hydroxylation sites is 1. The van der Waals surface area contributed by atoms with Crippen molar-refractivity contribution in [3.05, 3.63) is 89.2 Å². The number of aryl methyl sites for hydroxylation is 2. The summed E-state index contributed by atoms with van der Waals surface area (Å²) < 4.78 is 14.6. The van der Waals surface area contributed by atoms with E-state index in [2.05, 4.69) is 5.32 Å². The van der Waals surface area contributed by atoms with Gasteiger partial charge in [0.1, 0.15) is 5.82 Å². The van der Waals surface area contributed by atoms with Crippen molar-refractivity contribution in [1.29, 1.82) is 0 Å². The second kappa shape index (κ2) is 7.52. The van der Waals surface area contributed by atoms with Crippen LogP contribution in [0.2, 0.25) is 0 Å². The number of anilines is 1. The lowest BCUT2D eigenvalue weighted by Crippen LogP contribution is -2.20. The summed E-state index contributed by atoms with van der Waals surface area (Å²) in [6.07, 6.45) is 0. The fourth-order valence-electron chi connectivity index (χ4n) is 3.05. The molecular weight excluding hydrogens is 325 g/mol. The van der Waals surface area contributed by atoms with Gasteiger partial charge in [-0.05, 0) is 49.1 Å². The Bertz CT molecular complexity index is 914. The molecule has 0 aliphatic heterocycles. The maximum atomic E-state index is 14.6. The SMILES string of the molecule is Cc1cccc(C)c1NC(=O)[C@@H](C)c1ccc(-c2ccccc2)c(F)c1. The summed E-state index contributed by atoms with van der Waals surface area (Å²) in [5.41, 5.74) is 4.87. The molecule has 26 heavy (non-hydrogen) atoms. The topological polar surface area (TPSA) is 29.1 Å². The van der Waals surface area contributed by atoms with Crippen LogP contribution in [-0.2, 0) is 4.79 Å². The third kappa shape index (κ3) is 3.67. The summed E-state index contributed by atoms with van der Waals surface area (Å²) in [6, 6.07) is 20.3. The third-order valence-corrected chi connectivity index (χ3v) is 4.70. The number of nitrogens with one attached hydrogen (secondary N) is 1. The lowest BCUT2D eigenvalue weighted by molar-refractivity contribution is -0.117. The van der Waals surface area contributed by atoms with E-state index in [1.165, 1.54) is 6.07 Å². The van der Waals surface area contributed by atoms with Gasteiger partial charge in [0.15, 0.2) is 0 Å². The van der Waals surface area contributed by atoms with Crippen LogP contribution in [0.15, 0.2) is 66.7 Å². The number of hydrogen-bond donors (Lipinski definition) is 1. The van der Waals surface area contributed by atoms with E-state index in [4.69, 9.17) is 0 Å². The Labute approximate surface area is 153 Å². The molecule has 2 nitrogen and oxygen atoms in total. The maximum absolute atomic E-state index is 14.6. The minimum absolute atomic E-state index is 0.144. The number of hydrogen-bond acceptors (Lipinski definition) is 1. The zero-order chi connectivity index (χ0) is 18.7. The molecule has 0 fully saturated rings. The smallest absolute Gasteiger partial charge is 0.231 e.